The number of hydrogen-bond acceptors (Lipinski definition) is 1. The average molecular weight is 694 g/mol. The fourth-order valence-electron chi connectivity index (χ4n) is 7.84. The van der Waals surface area contributed by atoms with E-state index in [4.69, 9.17) is 11.6 Å². The summed E-state index contributed by atoms with van der Waals surface area (Å²) >= 11 is 6.20. The minimum absolute atomic E-state index is 0.0701. The van der Waals surface area contributed by atoms with Crippen molar-refractivity contribution in [3.8, 4) is 0 Å². The maximum absolute atomic E-state index is 14.0. The van der Waals surface area contributed by atoms with Crippen LogP contribution in [0.25, 0.3) is 6.08 Å². The third-order valence-corrected chi connectivity index (χ3v) is 10.7. The second-order valence-corrected chi connectivity index (χ2v) is 14.2. The lowest BCUT2D eigenvalue weighted by Crippen LogP contribution is -2.48. The Morgan fingerprint density at radius 3 is 2.06 bits per heavy atom. The second kappa shape index (κ2) is 17.1. The van der Waals surface area contributed by atoms with E-state index in [1.165, 1.54) is 58.7 Å². The van der Waals surface area contributed by atoms with Gasteiger partial charge in [-0.1, -0.05) is 106 Å². The van der Waals surface area contributed by atoms with Crippen LogP contribution in [0.5, 0.6) is 0 Å². The minimum atomic E-state index is -4.00. The summed E-state index contributed by atoms with van der Waals surface area (Å²) in [6.45, 7) is 10.9. The van der Waals surface area contributed by atoms with Gasteiger partial charge >= 0.3 is 6.18 Å². The molecule has 6 heteroatoms. The molecule has 1 spiro atoms. The van der Waals surface area contributed by atoms with E-state index in [1.807, 2.05) is 0 Å². The Balaban J connectivity index is 0.00000101. The Morgan fingerprint density at radius 1 is 0.837 bits per heavy atom. The van der Waals surface area contributed by atoms with Crippen molar-refractivity contribution in [2.45, 2.75) is 128 Å². The normalized spacial score (nSPS) is 19.8. The predicted octanol–water partition coefficient (Wildman–Crippen LogP) is 13.5. The van der Waals surface area contributed by atoms with Gasteiger partial charge in [-0.05, 0) is 122 Å². The molecule has 2 aliphatic rings. The number of anilines is 1. The van der Waals surface area contributed by atoms with Crippen molar-refractivity contribution in [3.05, 3.63) is 123 Å². The van der Waals surface area contributed by atoms with Crippen LogP contribution in [0.4, 0.5) is 23.2 Å². The number of alkyl halides is 3. The van der Waals surface area contributed by atoms with Gasteiger partial charge in [0.15, 0.2) is 0 Å². The standard InChI is InChI=1S/C41H49ClFN.C2H3F3/c1-5-12-32-19-20-33-28-35(14-11-9-10-13-31-17-15-30(6-2)16-18-31)40(37(33)27-32)23-25-41(26-24-40,34(7-3)8-4)44-36-21-22-39(43)38(42)29-36;1-2(3,4)5/h15-22,27-29,44H,3,5-6,8-14,23-26H2,1-2,4H3;1H3. The Kier molecular flexibility index (Phi) is 13.4. The fraction of sp³-hybridized carbons (Fsp3) is 0.465. The lowest BCUT2D eigenvalue weighted by atomic mass is 9.60. The Labute approximate surface area is 296 Å². The van der Waals surface area contributed by atoms with Gasteiger partial charge in [-0.25, -0.2) is 4.39 Å². The average Bonchev–Trinajstić information content (AvgIpc) is 3.36. The van der Waals surface area contributed by atoms with Gasteiger partial charge in [-0.2, -0.15) is 13.2 Å². The largest absolute Gasteiger partial charge is 0.386 e. The number of nitrogens with one attached hydrogen (secondary N) is 1. The van der Waals surface area contributed by atoms with Crippen molar-refractivity contribution in [2.24, 2.45) is 0 Å². The maximum atomic E-state index is 14.0. The second-order valence-electron chi connectivity index (χ2n) is 13.8. The summed E-state index contributed by atoms with van der Waals surface area (Å²) < 4.78 is 45.1. The lowest BCUT2D eigenvalue weighted by Gasteiger charge is -2.48. The number of allylic oxidation sites excluding steroid dienone is 1. The quantitative estimate of drug-likeness (QED) is 0.107. The molecule has 1 nitrogen and oxygen atoms in total. The van der Waals surface area contributed by atoms with Crippen LogP contribution in [0.2, 0.25) is 5.02 Å². The molecule has 3 aromatic rings. The van der Waals surface area contributed by atoms with Crippen molar-refractivity contribution in [3.63, 3.8) is 0 Å². The topological polar surface area (TPSA) is 12.0 Å². The number of fused-ring (bicyclic) bond motifs is 2. The van der Waals surface area contributed by atoms with Gasteiger partial charge in [0.2, 0.25) is 0 Å². The van der Waals surface area contributed by atoms with Crippen LogP contribution in [0, 0.1) is 5.82 Å². The molecule has 5 rings (SSSR count). The summed E-state index contributed by atoms with van der Waals surface area (Å²) in [4.78, 5) is 0. The number of rotatable bonds is 13. The smallest absolute Gasteiger partial charge is 0.375 e. The molecule has 0 heterocycles. The summed E-state index contributed by atoms with van der Waals surface area (Å²) in [5.41, 5.74) is 14.0. The SMILES string of the molecule is C=C=C(CC)C1(Nc2ccc(F)c(Cl)c2)CCC2(CC1)C(CCCCCc1ccc(CC)cc1)=Cc1ccc(CCC)cc12.CC(F)(F)F. The van der Waals surface area contributed by atoms with E-state index in [0.717, 1.165) is 69.9 Å². The first-order valence-electron chi connectivity index (χ1n) is 18.0. The summed E-state index contributed by atoms with van der Waals surface area (Å²) in [7, 11) is 0. The number of aryl methyl sites for hydroxylation is 3. The van der Waals surface area contributed by atoms with Crippen LogP contribution in [0.3, 0.4) is 0 Å². The zero-order valence-corrected chi connectivity index (χ0v) is 30.4. The highest BCUT2D eigenvalue weighted by molar-refractivity contribution is 6.31. The number of hydrogen-bond donors (Lipinski definition) is 1. The third kappa shape index (κ3) is 9.92. The van der Waals surface area contributed by atoms with E-state index in [2.05, 4.69) is 86.9 Å². The molecule has 0 atom stereocenters. The Hall–Kier alpha value is -3.27. The summed E-state index contributed by atoms with van der Waals surface area (Å²) in [5, 5.41) is 3.96. The summed E-state index contributed by atoms with van der Waals surface area (Å²) in [6.07, 6.45) is 12.9. The summed E-state index contributed by atoms with van der Waals surface area (Å²) in [5.74, 6) is -0.390. The van der Waals surface area contributed by atoms with Crippen LogP contribution in [0.15, 0.2) is 84.1 Å². The molecular formula is C43H52ClF4N. The van der Waals surface area contributed by atoms with Crippen molar-refractivity contribution < 1.29 is 17.6 Å². The number of halogens is 5. The number of unbranched alkanes of at least 4 members (excludes halogenated alkanes) is 2. The van der Waals surface area contributed by atoms with Gasteiger partial charge in [0, 0.05) is 18.0 Å². The molecule has 0 bridgehead atoms. The van der Waals surface area contributed by atoms with Crippen LogP contribution in [0.1, 0.15) is 120 Å². The van der Waals surface area contributed by atoms with Crippen molar-refractivity contribution in [1.82, 2.24) is 0 Å². The fourth-order valence-corrected chi connectivity index (χ4v) is 8.02. The highest BCUT2D eigenvalue weighted by atomic mass is 35.5. The first kappa shape index (κ1) is 38.5. The molecule has 0 amide bonds. The van der Waals surface area contributed by atoms with E-state index >= 15 is 0 Å². The molecule has 1 N–H and O–H groups in total. The van der Waals surface area contributed by atoms with Gasteiger partial charge in [0.1, 0.15) is 5.82 Å². The molecule has 0 aromatic heterocycles. The van der Waals surface area contributed by atoms with E-state index in [-0.39, 0.29) is 22.9 Å². The lowest BCUT2D eigenvalue weighted by molar-refractivity contribution is -0.110. The third-order valence-electron chi connectivity index (χ3n) is 10.4. The monoisotopic (exact) mass is 693 g/mol. The first-order chi connectivity index (χ1) is 23.4. The highest BCUT2D eigenvalue weighted by Crippen LogP contribution is 2.56. The molecule has 1 saturated carbocycles. The van der Waals surface area contributed by atoms with Crippen molar-refractivity contribution in [1.29, 1.82) is 0 Å². The van der Waals surface area contributed by atoms with Crippen molar-refractivity contribution in [2.75, 3.05) is 5.32 Å². The molecule has 0 radical (unpaired) electrons. The first-order valence-corrected chi connectivity index (χ1v) is 18.4. The molecule has 3 aromatic carbocycles. The van der Waals surface area contributed by atoms with Gasteiger partial charge in [-0.15, -0.1) is 5.73 Å². The van der Waals surface area contributed by atoms with Crippen LogP contribution in [-0.4, -0.2) is 11.7 Å². The molecule has 0 saturated heterocycles. The minimum Gasteiger partial charge on any atom is -0.375 e. The zero-order chi connectivity index (χ0) is 35.7. The van der Waals surface area contributed by atoms with Gasteiger partial charge < -0.3 is 5.32 Å². The molecule has 0 unspecified atom stereocenters. The van der Waals surface area contributed by atoms with E-state index in [1.54, 1.807) is 17.7 Å². The molecule has 49 heavy (non-hydrogen) atoms. The van der Waals surface area contributed by atoms with Gasteiger partial charge in [0.25, 0.3) is 0 Å². The Bertz CT molecular complexity index is 1610. The Morgan fingerprint density at radius 2 is 1.47 bits per heavy atom. The molecule has 0 aliphatic heterocycles. The maximum Gasteiger partial charge on any atom is 0.386 e. The van der Waals surface area contributed by atoms with Crippen LogP contribution in [-0.2, 0) is 24.7 Å². The van der Waals surface area contributed by atoms with Crippen LogP contribution >= 0.6 is 11.6 Å². The molecule has 1 fully saturated rings. The van der Waals surface area contributed by atoms with Crippen LogP contribution < -0.4 is 5.32 Å². The molecule has 264 valence electrons. The predicted molar refractivity (Wildman–Crippen MR) is 199 cm³/mol. The zero-order valence-electron chi connectivity index (χ0n) is 29.6. The summed E-state index contributed by atoms with van der Waals surface area (Å²) in [6, 6.07) is 21.4. The van der Waals surface area contributed by atoms with Gasteiger partial charge in [0.05, 0.1) is 10.6 Å². The van der Waals surface area contributed by atoms with Crippen molar-refractivity contribution >= 4 is 23.4 Å². The molecule has 2 aliphatic carbocycles. The van der Waals surface area contributed by atoms with E-state index in [0.29, 0.717) is 0 Å². The number of benzene rings is 3. The molecular weight excluding hydrogens is 642 g/mol. The van der Waals surface area contributed by atoms with E-state index < -0.39 is 12.0 Å². The highest BCUT2D eigenvalue weighted by Gasteiger charge is 2.49. The van der Waals surface area contributed by atoms with E-state index in [9.17, 15) is 17.6 Å². The van der Waals surface area contributed by atoms with Gasteiger partial charge in [-0.3, -0.25) is 0 Å².